The lowest BCUT2D eigenvalue weighted by molar-refractivity contribution is 0.584. The topological polar surface area (TPSA) is 59.9 Å². The summed E-state index contributed by atoms with van der Waals surface area (Å²) in [5.41, 5.74) is 34.7. The SMILES string of the molecule is C#Cc1ccc(-c2cccc(-c3ccc(C#N)cc3)c2C(C)(C)C)cc1.CC(C)(C)c1c(-c2cccc3c2oc2ccccc23)cccc1-c1cccc2c1oc1ccccc12.CC(C)(C)c1c(-n2c3ccccc3c3ccccc32)cccc1-n1c2ccccc2c2ccccc21.CC(C)(C)c1ccccc1-c1cc(-c2ccccc2)cc(-c2ccccc2)c1. The molecule has 5 nitrogen and oxygen atoms in total. The van der Waals surface area contributed by atoms with Crippen molar-refractivity contribution in [1.29, 1.82) is 5.26 Å². The Kier molecular flexibility index (Phi) is 21.9. The van der Waals surface area contributed by atoms with E-state index >= 15 is 0 Å². The molecule has 21 rings (SSSR count). The Morgan fingerprint density at radius 1 is 0.238 bits per heavy atom. The third-order valence-corrected chi connectivity index (χ3v) is 24.3. The van der Waals surface area contributed by atoms with Gasteiger partial charge in [0.2, 0.25) is 0 Å². The Morgan fingerprint density at radius 2 is 0.548 bits per heavy atom. The Hall–Kier alpha value is -15.0. The predicted molar refractivity (Wildman–Crippen MR) is 535 cm³/mol. The second-order valence-corrected chi connectivity index (χ2v) is 36.9. The molecule has 0 N–H and O–H groups in total. The first-order chi connectivity index (χ1) is 61.0. The van der Waals surface area contributed by atoms with Gasteiger partial charge in [0.05, 0.1) is 45.1 Å². The molecule has 0 spiro atoms. The van der Waals surface area contributed by atoms with Crippen LogP contribution >= 0.6 is 0 Å². The third-order valence-electron chi connectivity index (χ3n) is 24.3. The molecule has 0 saturated heterocycles. The quantitative estimate of drug-likeness (QED) is 0.135. The molecule has 17 aromatic carbocycles. The fraction of sp³-hybridized carbons (Fsp3) is 0.132. The van der Waals surface area contributed by atoms with Crippen LogP contribution in [0, 0.1) is 23.7 Å². The first-order valence-corrected chi connectivity index (χ1v) is 43.6. The van der Waals surface area contributed by atoms with Crippen LogP contribution in [0.1, 0.15) is 116 Å². The highest BCUT2D eigenvalue weighted by atomic mass is 16.3. The summed E-state index contributed by atoms with van der Waals surface area (Å²) >= 11 is 0. The number of para-hydroxylation sites is 8. The van der Waals surface area contributed by atoms with E-state index in [1.165, 1.54) is 133 Å². The van der Waals surface area contributed by atoms with Gasteiger partial charge in [0.1, 0.15) is 22.3 Å². The van der Waals surface area contributed by atoms with E-state index in [4.69, 9.17) is 20.5 Å². The maximum atomic E-state index is 9.05. The Labute approximate surface area is 739 Å². The number of nitriles is 1. The molecule has 612 valence electrons. The van der Waals surface area contributed by atoms with Gasteiger partial charge in [0.25, 0.3) is 0 Å². The van der Waals surface area contributed by atoms with Crippen molar-refractivity contribution in [3.8, 4) is 108 Å². The summed E-state index contributed by atoms with van der Waals surface area (Å²) < 4.78 is 17.8. The second-order valence-electron chi connectivity index (χ2n) is 36.9. The fourth-order valence-electron chi connectivity index (χ4n) is 18.8. The molecule has 0 fully saturated rings. The van der Waals surface area contributed by atoms with Gasteiger partial charge in [-0.25, -0.2) is 0 Å². The highest BCUT2D eigenvalue weighted by molar-refractivity contribution is 6.14. The number of aromatic nitrogens is 2. The lowest BCUT2D eigenvalue weighted by Crippen LogP contribution is -2.19. The van der Waals surface area contributed by atoms with E-state index in [0.29, 0.717) is 5.56 Å². The predicted octanol–water partition coefficient (Wildman–Crippen LogP) is 33.5. The van der Waals surface area contributed by atoms with Crippen LogP contribution in [-0.2, 0) is 21.7 Å². The number of benzene rings is 17. The number of nitrogens with zero attached hydrogens (tertiary/aromatic N) is 3. The van der Waals surface area contributed by atoms with Gasteiger partial charge < -0.3 is 18.0 Å². The average Bonchev–Trinajstić information content (AvgIpc) is 1.53. The van der Waals surface area contributed by atoms with Crippen molar-refractivity contribution in [2.75, 3.05) is 0 Å². The van der Waals surface area contributed by atoms with Crippen LogP contribution < -0.4 is 0 Å². The summed E-state index contributed by atoms with van der Waals surface area (Å²) in [6.07, 6.45) is 5.49. The number of terminal acetylenes is 1. The highest BCUT2D eigenvalue weighted by Crippen LogP contribution is 2.49. The number of rotatable bonds is 9. The van der Waals surface area contributed by atoms with Crippen molar-refractivity contribution in [3.63, 3.8) is 0 Å². The summed E-state index contributed by atoms with van der Waals surface area (Å²) in [6, 6.07) is 139. The van der Waals surface area contributed by atoms with Crippen molar-refractivity contribution in [1.82, 2.24) is 9.13 Å². The number of hydrogen-bond donors (Lipinski definition) is 0. The van der Waals surface area contributed by atoms with E-state index in [1.807, 2.05) is 60.7 Å². The second kappa shape index (κ2) is 33.7. The molecular weight excluding hydrogens is 1530 g/mol. The first-order valence-electron chi connectivity index (χ1n) is 43.6. The smallest absolute Gasteiger partial charge is 0.143 e. The standard InChI is InChI=1S/C34H28N2.C34H26O2.C28H26.C25H21N/c1-34(2,3)33-31(35-27-17-8-4-13-23(27)24-14-5-9-18-28(24)35)21-12-22-32(33)36-29-19-10-6-15-25(29)26-16-7-11-20-30(26)36;1-34(2,3)31-23(27-17-9-15-25-21-11-4-6-19-29(21)35-32(25)27)13-8-14-24(31)28-18-10-16-26-22-12-5-7-20-30(22)36-33(26)28;1-28(2,3)27-17-11-10-16-26(27)25-19-23(21-12-6-4-7-13-21)18-24(20-25)22-14-8-5-9-15-22;1-5-18-9-13-20(14-10-18)22-7-6-8-23(24(22)25(2,3)4)21-15-11-19(17-26)12-16-21/h4-22H,1-3H3;4-20H,1-3H3;4-20H,1-3H3;1,6-16H,2-4H3. The van der Waals surface area contributed by atoms with Crippen LogP contribution in [0.3, 0.4) is 0 Å². The van der Waals surface area contributed by atoms with Gasteiger partial charge in [-0.2, -0.15) is 5.26 Å². The van der Waals surface area contributed by atoms with E-state index < -0.39 is 0 Å². The molecule has 21 aromatic rings. The molecule has 0 saturated carbocycles. The van der Waals surface area contributed by atoms with Crippen molar-refractivity contribution < 1.29 is 8.83 Å². The van der Waals surface area contributed by atoms with Gasteiger partial charge in [0.15, 0.2) is 0 Å². The molecule has 0 aliphatic rings. The summed E-state index contributed by atoms with van der Waals surface area (Å²) in [5.74, 6) is 2.67. The normalized spacial score (nSPS) is 11.8. The summed E-state index contributed by atoms with van der Waals surface area (Å²) in [7, 11) is 0. The zero-order valence-electron chi connectivity index (χ0n) is 73.7. The average molecular weight is 1630 g/mol. The number of fused-ring (bicyclic) bond motifs is 12. The van der Waals surface area contributed by atoms with Crippen LogP contribution in [0.4, 0.5) is 0 Å². The van der Waals surface area contributed by atoms with Crippen molar-refractivity contribution in [3.05, 3.63) is 422 Å². The maximum Gasteiger partial charge on any atom is 0.143 e. The van der Waals surface area contributed by atoms with Crippen LogP contribution in [-0.4, -0.2) is 9.13 Å². The fourth-order valence-corrected chi connectivity index (χ4v) is 18.8. The molecule has 4 heterocycles. The number of furan rings is 2. The highest BCUT2D eigenvalue weighted by Gasteiger charge is 2.31. The van der Waals surface area contributed by atoms with Gasteiger partial charge in [-0.05, 0) is 196 Å². The van der Waals surface area contributed by atoms with E-state index in [9.17, 15) is 0 Å². The van der Waals surface area contributed by atoms with E-state index in [2.05, 4.69) is 432 Å². The van der Waals surface area contributed by atoms with Gasteiger partial charge in [-0.1, -0.05) is 386 Å². The minimum atomic E-state index is -0.117. The van der Waals surface area contributed by atoms with Gasteiger partial charge in [0, 0.05) is 65.3 Å². The summed E-state index contributed by atoms with van der Waals surface area (Å²) in [6.45, 7) is 27.4. The summed E-state index contributed by atoms with van der Waals surface area (Å²) in [5, 5.41) is 18.8. The van der Waals surface area contributed by atoms with Gasteiger partial charge in [-0.3, -0.25) is 0 Å². The molecule has 4 aromatic heterocycles. The lowest BCUT2D eigenvalue weighted by Gasteiger charge is -2.28. The molecule has 0 bridgehead atoms. The molecule has 0 unspecified atom stereocenters. The minimum Gasteiger partial charge on any atom is -0.455 e. The van der Waals surface area contributed by atoms with E-state index in [0.717, 1.165) is 71.7 Å². The van der Waals surface area contributed by atoms with Gasteiger partial charge in [-0.15, -0.1) is 6.42 Å². The molecule has 5 heteroatoms. The Morgan fingerprint density at radius 3 is 0.944 bits per heavy atom. The molecule has 0 aliphatic heterocycles. The van der Waals surface area contributed by atoms with E-state index in [-0.39, 0.29) is 21.7 Å². The van der Waals surface area contributed by atoms with E-state index in [1.54, 1.807) is 0 Å². The lowest BCUT2D eigenvalue weighted by atomic mass is 9.77. The summed E-state index contributed by atoms with van der Waals surface area (Å²) in [4.78, 5) is 0. The zero-order valence-corrected chi connectivity index (χ0v) is 73.7. The first kappa shape index (κ1) is 82.0. The minimum absolute atomic E-state index is 0.0371. The van der Waals surface area contributed by atoms with Crippen LogP contribution in [0.2, 0.25) is 0 Å². The van der Waals surface area contributed by atoms with Crippen molar-refractivity contribution in [2.24, 2.45) is 0 Å². The molecule has 126 heavy (non-hydrogen) atoms. The molecule has 0 radical (unpaired) electrons. The van der Waals surface area contributed by atoms with Crippen LogP contribution in [0.25, 0.3) is 177 Å². The number of hydrogen-bond acceptors (Lipinski definition) is 3. The molecule has 0 aliphatic carbocycles. The van der Waals surface area contributed by atoms with Crippen molar-refractivity contribution in [2.45, 2.75) is 105 Å². The largest absolute Gasteiger partial charge is 0.455 e. The molecule has 0 amide bonds. The Bertz CT molecular complexity index is 7230. The van der Waals surface area contributed by atoms with Crippen LogP contribution in [0.15, 0.2) is 397 Å². The van der Waals surface area contributed by atoms with Crippen molar-refractivity contribution >= 4 is 87.5 Å². The maximum absolute atomic E-state index is 9.05. The zero-order chi connectivity index (χ0) is 87.2. The monoisotopic (exact) mass is 1630 g/mol. The van der Waals surface area contributed by atoms with Crippen LogP contribution in [0.5, 0.6) is 0 Å². The van der Waals surface area contributed by atoms with Gasteiger partial charge >= 0.3 is 0 Å². The third kappa shape index (κ3) is 15.8. The Balaban J connectivity index is 0.000000115. The molecule has 0 atom stereocenters. The molecular formula is C121H101N3O2.